The van der Waals surface area contributed by atoms with Crippen LogP contribution < -0.4 is 4.74 Å². The first kappa shape index (κ1) is 14.5. The van der Waals surface area contributed by atoms with Gasteiger partial charge in [0.15, 0.2) is 6.10 Å². The largest absolute Gasteiger partial charge is 0.463 e. The van der Waals surface area contributed by atoms with Gasteiger partial charge in [0.25, 0.3) is 0 Å². The van der Waals surface area contributed by atoms with Crippen molar-refractivity contribution in [3.8, 4) is 11.9 Å². The topological polar surface area (TPSA) is 72.2 Å². The lowest BCUT2D eigenvalue weighted by atomic mass is 10.2. The molecule has 2 rings (SSSR count). The van der Waals surface area contributed by atoms with Crippen LogP contribution in [0.25, 0.3) is 0 Å². The van der Waals surface area contributed by atoms with Crippen molar-refractivity contribution in [2.45, 2.75) is 19.6 Å². The Balaban J connectivity index is 1.86. The highest BCUT2D eigenvalue weighted by molar-refractivity contribution is 5.74. The molecule has 0 aliphatic heterocycles. The van der Waals surface area contributed by atoms with E-state index in [1.807, 2.05) is 36.4 Å². The number of carbonyl (C=O) groups excluding carboxylic acids is 1. The van der Waals surface area contributed by atoms with Gasteiger partial charge in [-0.3, -0.25) is 0 Å². The van der Waals surface area contributed by atoms with Gasteiger partial charge in [0.2, 0.25) is 5.88 Å². The van der Waals surface area contributed by atoms with Gasteiger partial charge in [-0.05, 0) is 18.6 Å². The van der Waals surface area contributed by atoms with E-state index in [0.29, 0.717) is 5.56 Å². The fraction of sp³-hybridized carbons (Fsp3) is 0.188. The summed E-state index contributed by atoms with van der Waals surface area (Å²) in [4.78, 5) is 15.8. The Hall–Kier alpha value is -2.87. The Kier molecular flexibility index (Phi) is 4.89. The smallest absolute Gasteiger partial charge is 0.347 e. The number of carbonyl (C=O) groups is 1. The molecule has 106 valence electrons. The van der Waals surface area contributed by atoms with Crippen LogP contribution in [-0.4, -0.2) is 17.1 Å². The standard InChI is InChI=1S/C16H14N2O3/c1-12(21-15-8-7-14(9-17)10-18-15)16(19)20-11-13-5-3-2-4-6-13/h2-8,10,12H,11H2,1H3. The zero-order valence-electron chi connectivity index (χ0n) is 11.5. The van der Waals surface area contributed by atoms with E-state index in [2.05, 4.69) is 4.98 Å². The molecular formula is C16H14N2O3. The van der Waals surface area contributed by atoms with E-state index >= 15 is 0 Å². The Morgan fingerprint density at radius 1 is 1.29 bits per heavy atom. The minimum Gasteiger partial charge on any atom is -0.463 e. The third-order valence-corrected chi connectivity index (χ3v) is 2.72. The number of esters is 1. The van der Waals surface area contributed by atoms with E-state index < -0.39 is 12.1 Å². The number of rotatable bonds is 5. The van der Waals surface area contributed by atoms with Gasteiger partial charge in [-0.25, -0.2) is 9.78 Å². The van der Waals surface area contributed by atoms with Crippen molar-refractivity contribution in [3.05, 3.63) is 59.8 Å². The van der Waals surface area contributed by atoms with Crippen molar-refractivity contribution in [2.24, 2.45) is 0 Å². The Morgan fingerprint density at radius 3 is 2.67 bits per heavy atom. The van der Waals surface area contributed by atoms with Crippen LogP contribution in [0.4, 0.5) is 0 Å². The van der Waals surface area contributed by atoms with Gasteiger partial charge < -0.3 is 9.47 Å². The summed E-state index contributed by atoms with van der Waals surface area (Å²) in [7, 11) is 0. The second-order valence-electron chi connectivity index (χ2n) is 4.35. The molecule has 1 aromatic heterocycles. The maximum Gasteiger partial charge on any atom is 0.347 e. The molecule has 1 unspecified atom stereocenters. The Bertz CT molecular complexity index is 633. The number of ether oxygens (including phenoxy) is 2. The molecular weight excluding hydrogens is 268 g/mol. The molecule has 1 aromatic carbocycles. The van der Waals surface area contributed by atoms with Crippen molar-refractivity contribution < 1.29 is 14.3 Å². The van der Waals surface area contributed by atoms with Crippen LogP contribution in [0.5, 0.6) is 5.88 Å². The summed E-state index contributed by atoms with van der Waals surface area (Å²) < 4.78 is 10.5. The van der Waals surface area contributed by atoms with Crippen LogP contribution >= 0.6 is 0 Å². The molecule has 0 saturated carbocycles. The van der Waals surface area contributed by atoms with Gasteiger partial charge in [-0.15, -0.1) is 0 Å². The second kappa shape index (κ2) is 7.06. The summed E-state index contributed by atoms with van der Waals surface area (Å²) in [5, 5.41) is 8.67. The average molecular weight is 282 g/mol. The molecule has 1 heterocycles. The highest BCUT2D eigenvalue weighted by Crippen LogP contribution is 2.10. The van der Waals surface area contributed by atoms with Gasteiger partial charge in [-0.1, -0.05) is 30.3 Å². The number of nitrogens with zero attached hydrogens (tertiary/aromatic N) is 2. The van der Waals surface area contributed by atoms with Gasteiger partial charge in [-0.2, -0.15) is 5.26 Å². The third-order valence-electron chi connectivity index (χ3n) is 2.72. The number of hydrogen-bond donors (Lipinski definition) is 0. The van der Waals surface area contributed by atoms with Gasteiger partial charge in [0, 0.05) is 12.3 Å². The number of nitriles is 1. The predicted octanol–water partition coefficient (Wildman–Crippen LogP) is 2.46. The second-order valence-corrected chi connectivity index (χ2v) is 4.35. The summed E-state index contributed by atoms with van der Waals surface area (Å²) in [6, 6.07) is 14.5. The molecule has 0 radical (unpaired) electrons. The highest BCUT2D eigenvalue weighted by Gasteiger charge is 2.17. The fourth-order valence-corrected chi connectivity index (χ4v) is 1.59. The van der Waals surface area contributed by atoms with Crippen LogP contribution in [-0.2, 0) is 16.1 Å². The molecule has 0 aliphatic carbocycles. The molecule has 0 amide bonds. The van der Waals surface area contributed by atoms with Gasteiger partial charge in [0.05, 0.1) is 5.56 Å². The molecule has 0 aliphatic rings. The summed E-state index contributed by atoms with van der Waals surface area (Å²) in [6.45, 7) is 1.79. The van der Waals surface area contributed by atoms with Crippen LogP contribution in [0.3, 0.4) is 0 Å². The van der Waals surface area contributed by atoms with Crippen molar-refractivity contribution >= 4 is 5.97 Å². The summed E-state index contributed by atoms with van der Waals surface area (Å²) >= 11 is 0. The van der Waals surface area contributed by atoms with Crippen molar-refractivity contribution in [3.63, 3.8) is 0 Å². The van der Waals surface area contributed by atoms with Crippen LogP contribution in [0, 0.1) is 11.3 Å². The van der Waals surface area contributed by atoms with Gasteiger partial charge in [0.1, 0.15) is 12.7 Å². The fourth-order valence-electron chi connectivity index (χ4n) is 1.59. The molecule has 0 saturated heterocycles. The number of hydrogen-bond acceptors (Lipinski definition) is 5. The molecule has 0 bridgehead atoms. The lowest BCUT2D eigenvalue weighted by Gasteiger charge is -2.13. The number of pyridine rings is 1. The predicted molar refractivity (Wildman–Crippen MR) is 75.3 cm³/mol. The molecule has 5 nitrogen and oxygen atoms in total. The average Bonchev–Trinajstić information content (AvgIpc) is 2.54. The first-order chi connectivity index (χ1) is 10.2. The lowest BCUT2D eigenvalue weighted by Crippen LogP contribution is -2.26. The van der Waals surface area contributed by atoms with E-state index in [-0.39, 0.29) is 12.5 Å². The molecule has 21 heavy (non-hydrogen) atoms. The molecule has 0 fully saturated rings. The molecule has 0 N–H and O–H groups in total. The third kappa shape index (κ3) is 4.32. The minimum atomic E-state index is -0.769. The summed E-state index contributed by atoms with van der Waals surface area (Å²) in [5.74, 6) is -0.192. The van der Waals surface area contributed by atoms with E-state index in [4.69, 9.17) is 14.7 Å². The Morgan fingerprint density at radius 2 is 2.05 bits per heavy atom. The molecule has 1 atom stereocenters. The highest BCUT2D eigenvalue weighted by atomic mass is 16.6. The lowest BCUT2D eigenvalue weighted by molar-refractivity contribution is -0.152. The first-order valence-corrected chi connectivity index (χ1v) is 6.42. The van der Waals surface area contributed by atoms with Crippen LogP contribution in [0.2, 0.25) is 0 Å². The zero-order valence-corrected chi connectivity index (χ0v) is 11.5. The maximum atomic E-state index is 11.8. The van der Waals surface area contributed by atoms with Crippen LogP contribution in [0.15, 0.2) is 48.7 Å². The summed E-state index contributed by atoms with van der Waals surface area (Å²) in [6.07, 6.45) is 0.617. The first-order valence-electron chi connectivity index (χ1n) is 6.42. The Labute approximate surface area is 122 Å². The van der Waals surface area contributed by atoms with E-state index in [9.17, 15) is 4.79 Å². The minimum absolute atomic E-state index is 0.203. The van der Waals surface area contributed by atoms with Gasteiger partial charge >= 0.3 is 5.97 Å². The molecule has 0 spiro atoms. The summed E-state index contributed by atoms with van der Waals surface area (Å²) in [5.41, 5.74) is 1.34. The van der Waals surface area contributed by atoms with Crippen LogP contribution in [0.1, 0.15) is 18.1 Å². The van der Waals surface area contributed by atoms with Crippen molar-refractivity contribution in [1.82, 2.24) is 4.98 Å². The monoisotopic (exact) mass is 282 g/mol. The quantitative estimate of drug-likeness (QED) is 0.788. The maximum absolute atomic E-state index is 11.8. The van der Waals surface area contributed by atoms with E-state index in [0.717, 1.165) is 5.56 Å². The SMILES string of the molecule is CC(Oc1ccc(C#N)cn1)C(=O)OCc1ccccc1. The number of benzene rings is 1. The normalized spacial score (nSPS) is 11.2. The van der Waals surface area contributed by atoms with Crippen molar-refractivity contribution in [2.75, 3.05) is 0 Å². The zero-order chi connectivity index (χ0) is 15.1. The number of aromatic nitrogens is 1. The van der Waals surface area contributed by atoms with E-state index in [1.165, 1.54) is 6.20 Å². The molecule has 2 aromatic rings. The molecule has 5 heteroatoms. The van der Waals surface area contributed by atoms with Crippen molar-refractivity contribution in [1.29, 1.82) is 5.26 Å². The van der Waals surface area contributed by atoms with E-state index in [1.54, 1.807) is 19.1 Å².